The molecule has 2 fully saturated rings. The molecule has 30 heavy (non-hydrogen) atoms. The Morgan fingerprint density at radius 2 is 2.17 bits per heavy atom. The van der Waals surface area contributed by atoms with E-state index in [9.17, 15) is 0 Å². The Morgan fingerprint density at radius 3 is 2.93 bits per heavy atom. The van der Waals surface area contributed by atoms with Crippen molar-refractivity contribution in [1.29, 1.82) is 0 Å². The molecule has 7 heteroatoms. The summed E-state index contributed by atoms with van der Waals surface area (Å²) in [5.74, 6) is 0.411. The first-order valence-electron chi connectivity index (χ1n) is 11.1. The topological polar surface area (TPSA) is 53.5 Å². The molecule has 160 valence electrons. The molecule has 0 bridgehead atoms. The van der Waals surface area contributed by atoms with E-state index in [0.717, 1.165) is 60.0 Å². The number of methoxy groups -OCH3 is 1. The number of anilines is 1. The molecule has 1 aliphatic carbocycles. The molecule has 2 aromatic heterocycles. The quantitative estimate of drug-likeness (QED) is 0.766. The van der Waals surface area contributed by atoms with Gasteiger partial charge in [-0.1, -0.05) is 13.8 Å². The Kier molecular flexibility index (Phi) is 5.52. The van der Waals surface area contributed by atoms with Gasteiger partial charge in [-0.15, -0.1) is 11.3 Å². The van der Waals surface area contributed by atoms with Crippen LogP contribution in [0.25, 0.3) is 11.9 Å². The van der Waals surface area contributed by atoms with Gasteiger partial charge in [0.15, 0.2) is 0 Å². The average Bonchev–Trinajstić information content (AvgIpc) is 3.53. The summed E-state index contributed by atoms with van der Waals surface area (Å²) in [6.07, 6.45) is 7.74. The molecule has 3 aliphatic rings. The molecular formula is C23H31N5OS. The van der Waals surface area contributed by atoms with E-state index in [1.807, 2.05) is 12.3 Å². The van der Waals surface area contributed by atoms with E-state index in [2.05, 4.69) is 41.2 Å². The molecule has 0 spiro atoms. The number of thiazole rings is 1. The van der Waals surface area contributed by atoms with Crippen molar-refractivity contribution in [1.82, 2.24) is 19.8 Å². The molecule has 0 amide bonds. The predicted molar refractivity (Wildman–Crippen MR) is 122 cm³/mol. The first kappa shape index (κ1) is 20.0. The largest absolute Gasteiger partial charge is 0.385 e. The maximum atomic E-state index is 5.45. The molecule has 1 unspecified atom stereocenters. The highest BCUT2D eigenvalue weighted by molar-refractivity contribution is 7.16. The van der Waals surface area contributed by atoms with Crippen molar-refractivity contribution < 1.29 is 4.74 Å². The Hall–Kier alpha value is -1.96. The SMILES string of the molecule is COCCC1CN(C2=c3ncccc3=CNc3sc(C(C)C)nc32)CCN1C1CC1. The van der Waals surface area contributed by atoms with Crippen LogP contribution in [-0.4, -0.2) is 65.2 Å². The third kappa shape index (κ3) is 3.74. The molecule has 2 aromatic rings. The van der Waals surface area contributed by atoms with Crippen molar-refractivity contribution in [2.24, 2.45) is 0 Å². The van der Waals surface area contributed by atoms with Crippen molar-refractivity contribution in [3.8, 4) is 0 Å². The molecule has 6 nitrogen and oxygen atoms in total. The zero-order valence-corrected chi connectivity index (χ0v) is 18.9. The maximum absolute atomic E-state index is 5.45. The summed E-state index contributed by atoms with van der Waals surface area (Å²) >= 11 is 1.77. The van der Waals surface area contributed by atoms with Gasteiger partial charge >= 0.3 is 0 Å². The van der Waals surface area contributed by atoms with Crippen LogP contribution < -0.4 is 15.9 Å². The van der Waals surface area contributed by atoms with E-state index < -0.39 is 0 Å². The molecule has 1 saturated heterocycles. The van der Waals surface area contributed by atoms with Crippen LogP contribution in [-0.2, 0) is 4.74 Å². The number of nitrogens with zero attached hydrogens (tertiary/aromatic N) is 4. The number of fused-ring (bicyclic) bond motifs is 2. The van der Waals surface area contributed by atoms with Crippen LogP contribution in [0.5, 0.6) is 0 Å². The number of nitrogens with one attached hydrogen (secondary N) is 1. The second-order valence-corrected chi connectivity index (χ2v) is 9.84. The normalized spacial score (nSPS) is 21.7. The fourth-order valence-electron chi connectivity index (χ4n) is 4.60. The Labute approximate surface area is 182 Å². The van der Waals surface area contributed by atoms with Crippen molar-refractivity contribution in [2.75, 3.05) is 38.7 Å². The maximum Gasteiger partial charge on any atom is 0.124 e. The number of rotatable bonds is 6. The van der Waals surface area contributed by atoms with Gasteiger partial charge in [-0.25, -0.2) is 4.98 Å². The standard InChI is InChI=1S/C23H31N5OS/c1-15(2)22-26-20-21(19-16(5-4-9-24-19)13-25-23(20)30-22)27-10-11-28(17-6-7-17)18(14-27)8-12-29-3/h4-5,9,13,15,17-18,25H,6-8,10-12,14H2,1-3H3. The van der Waals surface area contributed by atoms with E-state index in [1.165, 1.54) is 23.5 Å². The van der Waals surface area contributed by atoms with Crippen LogP contribution in [0.1, 0.15) is 49.7 Å². The van der Waals surface area contributed by atoms with E-state index >= 15 is 0 Å². The predicted octanol–water partition coefficient (Wildman–Crippen LogP) is 2.17. The molecule has 0 radical (unpaired) electrons. The Bertz CT molecular complexity index is 1030. The van der Waals surface area contributed by atoms with E-state index in [0.29, 0.717) is 12.0 Å². The lowest BCUT2D eigenvalue weighted by molar-refractivity contribution is 0.0705. The highest BCUT2D eigenvalue weighted by Gasteiger charge is 2.38. The zero-order chi connectivity index (χ0) is 20.7. The summed E-state index contributed by atoms with van der Waals surface area (Å²) < 4.78 is 5.45. The second-order valence-electron chi connectivity index (χ2n) is 8.81. The number of pyridine rings is 1. The number of aromatic nitrogens is 2. The summed E-state index contributed by atoms with van der Waals surface area (Å²) in [5, 5.41) is 7.99. The summed E-state index contributed by atoms with van der Waals surface area (Å²) in [6.45, 7) is 8.34. The summed E-state index contributed by atoms with van der Waals surface area (Å²) in [6, 6.07) is 5.43. The van der Waals surface area contributed by atoms with Crippen molar-refractivity contribution in [3.63, 3.8) is 0 Å². The number of hydrogen-bond donors (Lipinski definition) is 1. The third-order valence-corrected chi connectivity index (χ3v) is 7.59. The smallest absolute Gasteiger partial charge is 0.124 e. The second kappa shape index (κ2) is 8.29. The molecule has 0 aromatic carbocycles. The van der Waals surface area contributed by atoms with Gasteiger partial charge < -0.3 is 15.0 Å². The Balaban J connectivity index is 1.58. The average molecular weight is 426 g/mol. The fourth-order valence-corrected chi connectivity index (χ4v) is 5.54. The summed E-state index contributed by atoms with van der Waals surface area (Å²) in [5.41, 5.74) is 2.24. The van der Waals surface area contributed by atoms with Gasteiger partial charge in [0.2, 0.25) is 0 Å². The zero-order valence-electron chi connectivity index (χ0n) is 18.1. The highest BCUT2D eigenvalue weighted by atomic mass is 32.1. The lowest BCUT2D eigenvalue weighted by Gasteiger charge is -2.43. The number of ether oxygens (including phenoxy) is 1. The molecule has 5 rings (SSSR count). The van der Waals surface area contributed by atoms with Crippen molar-refractivity contribution in [2.45, 2.75) is 51.1 Å². The fraction of sp³-hybridized carbons (Fsp3) is 0.565. The number of piperazine rings is 1. The van der Waals surface area contributed by atoms with Crippen LogP contribution in [0.3, 0.4) is 0 Å². The monoisotopic (exact) mass is 425 g/mol. The van der Waals surface area contributed by atoms with Gasteiger partial charge in [0, 0.05) is 69.0 Å². The minimum Gasteiger partial charge on any atom is -0.385 e. The molecule has 1 atom stereocenters. The lowest BCUT2D eigenvalue weighted by atomic mass is 10.1. The Morgan fingerprint density at radius 1 is 1.30 bits per heavy atom. The molecule has 1 N–H and O–H groups in total. The minimum absolute atomic E-state index is 0.411. The van der Waals surface area contributed by atoms with Crippen LogP contribution >= 0.6 is 11.3 Å². The molecule has 4 heterocycles. The van der Waals surface area contributed by atoms with Crippen LogP contribution in [0.15, 0.2) is 18.3 Å². The minimum atomic E-state index is 0.411. The van der Waals surface area contributed by atoms with E-state index in [4.69, 9.17) is 14.7 Å². The van der Waals surface area contributed by atoms with E-state index in [1.54, 1.807) is 18.4 Å². The first-order valence-corrected chi connectivity index (χ1v) is 11.9. The van der Waals surface area contributed by atoms with Gasteiger partial charge in [0.25, 0.3) is 0 Å². The van der Waals surface area contributed by atoms with Crippen molar-refractivity contribution in [3.05, 3.63) is 39.6 Å². The summed E-state index contributed by atoms with van der Waals surface area (Å²) in [7, 11) is 1.80. The third-order valence-electron chi connectivity index (χ3n) is 6.30. The van der Waals surface area contributed by atoms with Gasteiger partial charge in [0.05, 0.1) is 16.1 Å². The van der Waals surface area contributed by atoms with Crippen LogP contribution in [0.4, 0.5) is 5.00 Å². The lowest BCUT2D eigenvalue weighted by Crippen LogP contribution is -2.55. The van der Waals surface area contributed by atoms with Crippen molar-refractivity contribution >= 4 is 28.2 Å². The van der Waals surface area contributed by atoms with Crippen LogP contribution in [0.2, 0.25) is 0 Å². The number of hydrogen-bond acceptors (Lipinski definition) is 7. The molecule has 1 saturated carbocycles. The first-order chi connectivity index (χ1) is 14.7. The van der Waals surface area contributed by atoms with Gasteiger partial charge in [0.1, 0.15) is 10.7 Å². The summed E-state index contributed by atoms with van der Waals surface area (Å²) in [4.78, 5) is 15.2. The van der Waals surface area contributed by atoms with Gasteiger partial charge in [-0.05, 0) is 31.4 Å². The highest BCUT2D eigenvalue weighted by Crippen LogP contribution is 2.37. The van der Waals surface area contributed by atoms with Gasteiger partial charge in [-0.3, -0.25) is 9.88 Å². The van der Waals surface area contributed by atoms with Gasteiger partial charge in [-0.2, -0.15) is 0 Å². The molecular weight excluding hydrogens is 394 g/mol. The molecule has 2 aliphatic heterocycles. The van der Waals surface area contributed by atoms with Crippen LogP contribution in [0, 0.1) is 0 Å². The van der Waals surface area contributed by atoms with E-state index in [-0.39, 0.29) is 0 Å².